The fraction of sp³-hybridized carbons (Fsp3) is 0.706. The maximum Gasteiger partial charge on any atom is 0.253 e. The van der Waals surface area contributed by atoms with E-state index in [0.717, 1.165) is 4.90 Å². The van der Waals surface area contributed by atoms with Crippen LogP contribution in [-0.4, -0.2) is 102 Å². The highest BCUT2D eigenvalue weighted by Gasteiger charge is 2.26. The van der Waals surface area contributed by atoms with E-state index in [1.54, 1.807) is 23.7 Å². The van der Waals surface area contributed by atoms with E-state index in [2.05, 4.69) is 0 Å². The quantitative estimate of drug-likeness (QED) is 0.321. The molecule has 27 heavy (non-hydrogen) atoms. The highest BCUT2D eigenvalue weighted by atomic mass is 31.2. The minimum Gasteiger partial charge on any atom is -0.396 e. The first kappa shape index (κ1) is 23.5. The summed E-state index contributed by atoms with van der Waals surface area (Å²) >= 11 is 0. The molecule has 3 amide bonds. The lowest BCUT2D eigenvalue weighted by atomic mass is 10.2. The Hall–Kier alpha value is -1.54. The van der Waals surface area contributed by atoms with E-state index >= 15 is 0 Å². The molecule has 0 aromatic heterocycles. The van der Waals surface area contributed by atoms with Crippen LogP contribution in [0.4, 0.5) is 0 Å². The van der Waals surface area contributed by atoms with E-state index in [1.807, 2.05) is 0 Å². The molecule has 0 radical (unpaired) electrons. The molecule has 0 spiro atoms. The van der Waals surface area contributed by atoms with Crippen molar-refractivity contribution in [2.75, 3.05) is 59.3 Å². The minimum atomic E-state index is -2.78. The third-order valence-corrected chi connectivity index (χ3v) is 7.84. The molecule has 0 unspecified atom stereocenters. The Morgan fingerprint density at radius 1 is 1.04 bits per heavy atom. The summed E-state index contributed by atoms with van der Waals surface area (Å²) in [6.45, 7) is 0.787. The Labute approximate surface area is 160 Å². The SMILES string of the molecule is CN(CCCN(C)P(=O)(CCO)CCO)C(=O)CCCN1C(=O)C=CC1=O. The van der Waals surface area contributed by atoms with E-state index < -0.39 is 7.29 Å². The first-order chi connectivity index (χ1) is 12.7. The molecule has 154 valence electrons. The van der Waals surface area contributed by atoms with E-state index in [1.165, 1.54) is 12.2 Å². The summed E-state index contributed by atoms with van der Waals surface area (Å²) in [5.74, 6) is -0.781. The van der Waals surface area contributed by atoms with Crippen LogP contribution in [0, 0.1) is 0 Å². The van der Waals surface area contributed by atoms with Gasteiger partial charge in [-0.3, -0.25) is 24.0 Å². The van der Waals surface area contributed by atoms with Crippen LogP contribution in [0.2, 0.25) is 0 Å². The van der Waals surface area contributed by atoms with Crippen LogP contribution in [0.1, 0.15) is 19.3 Å². The second-order valence-corrected chi connectivity index (χ2v) is 9.83. The van der Waals surface area contributed by atoms with Gasteiger partial charge in [0.15, 0.2) is 7.29 Å². The molecular formula is C17H30N3O6P. The van der Waals surface area contributed by atoms with Gasteiger partial charge in [0.2, 0.25) is 5.91 Å². The van der Waals surface area contributed by atoms with Crippen molar-refractivity contribution in [3.8, 4) is 0 Å². The zero-order chi connectivity index (χ0) is 20.4. The molecule has 10 heteroatoms. The maximum atomic E-state index is 12.7. The molecule has 9 nitrogen and oxygen atoms in total. The van der Waals surface area contributed by atoms with Crippen molar-refractivity contribution in [1.82, 2.24) is 14.5 Å². The normalized spacial score (nSPS) is 14.5. The number of aliphatic hydroxyl groups is 2. The highest BCUT2D eigenvalue weighted by Crippen LogP contribution is 2.47. The van der Waals surface area contributed by atoms with Crippen LogP contribution in [0.5, 0.6) is 0 Å². The van der Waals surface area contributed by atoms with Gasteiger partial charge in [-0.05, 0) is 19.9 Å². The van der Waals surface area contributed by atoms with Gasteiger partial charge in [-0.1, -0.05) is 0 Å². The monoisotopic (exact) mass is 403 g/mol. The summed E-state index contributed by atoms with van der Waals surface area (Å²) in [5, 5.41) is 18.1. The molecule has 0 aliphatic carbocycles. The van der Waals surface area contributed by atoms with Crippen molar-refractivity contribution in [3.63, 3.8) is 0 Å². The number of carbonyl (C=O) groups excluding carboxylic acids is 3. The van der Waals surface area contributed by atoms with E-state index in [4.69, 9.17) is 10.2 Å². The minimum absolute atomic E-state index is 0.0846. The van der Waals surface area contributed by atoms with Gasteiger partial charge in [-0.15, -0.1) is 0 Å². The van der Waals surface area contributed by atoms with Gasteiger partial charge >= 0.3 is 0 Å². The van der Waals surface area contributed by atoms with Gasteiger partial charge < -0.3 is 19.7 Å². The molecule has 1 heterocycles. The fourth-order valence-corrected chi connectivity index (χ4v) is 4.88. The number of hydrogen-bond acceptors (Lipinski definition) is 6. The van der Waals surface area contributed by atoms with Gasteiger partial charge in [-0.2, -0.15) is 0 Å². The lowest BCUT2D eigenvalue weighted by molar-refractivity contribution is -0.138. The third-order valence-electron chi connectivity index (χ3n) is 4.59. The van der Waals surface area contributed by atoms with Crippen molar-refractivity contribution >= 4 is 25.0 Å². The largest absolute Gasteiger partial charge is 0.396 e. The van der Waals surface area contributed by atoms with Crippen LogP contribution >= 0.6 is 7.29 Å². The molecule has 0 saturated heterocycles. The molecule has 0 aromatic rings. The summed E-state index contributed by atoms with van der Waals surface area (Å²) < 4.78 is 14.4. The molecule has 2 N–H and O–H groups in total. The zero-order valence-electron chi connectivity index (χ0n) is 16.0. The van der Waals surface area contributed by atoms with E-state index in [9.17, 15) is 18.9 Å². The summed E-state index contributed by atoms with van der Waals surface area (Å²) in [5.41, 5.74) is 0. The first-order valence-electron chi connectivity index (χ1n) is 9.04. The molecular weight excluding hydrogens is 373 g/mol. The zero-order valence-corrected chi connectivity index (χ0v) is 16.9. The van der Waals surface area contributed by atoms with Gasteiger partial charge in [0.05, 0.1) is 13.2 Å². The number of hydrogen-bond donors (Lipinski definition) is 2. The molecule has 1 aliphatic heterocycles. The van der Waals surface area contributed by atoms with Crippen molar-refractivity contribution < 1.29 is 29.2 Å². The predicted molar refractivity (Wildman–Crippen MR) is 101 cm³/mol. The fourth-order valence-electron chi connectivity index (χ4n) is 2.84. The summed E-state index contributed by atoms with van der Waals surface area (Å²) in [7, 11) is 0.597. The third kappa shape index (κ3) is 7.18. The van der Waals surface area contributed by atoms with Crippen LogP contribution in [0.15, 0.2) is 12.2 Å². The van der Waals surface area contributed by atoms with Crippen molar-refractivity contribution in [1.29, 1.82) is 0 Å². The highest BCUT2D eigenvalue weighted by molar-refractivity contribution is 7.61. The number of imide groups is 1. The lowest BCUT2D eigenvalue weighted by Crippen LogP contribution is -2.33. The van der Waals surface area contributed by atoms with Crippen molar-refractivity contribution in [2.45, 2.75) is 19.3 Å². The van der Waals surface area contributed by atoms with E-state index in [-0.39, 0.29) is 56.2 Å². The molecule has 0 saturated carbocycles. The first-order valence-corrected chi connectivity index (χ1v) is 11.1. The molecule has 0 aromatic carbocycles. The molecule has 1 rings (SSSR count). The molecule has 0 fully saturated rings. The molecule has 1 aliphatic rings. The average Bonchev–Trinajstić information content (AvgIpc) is 2.93. The smallest absolute Gasteiger partial charge is 0.253 e. The maximum absolute atomic E-state index is 12.7. The topological polar surface area (TPSA) is 118 Å². The number of amides is 3. The van der Waals surface area contributed by atoms with Crippen LogP contribution in [0.3, 0.4) is 0 Å². The number of carbonyl (C=O) groups is 3. The predicted octanol–water partition coefficient (Wildman–Crippen LogP) is -0.265. The van der Waals surface area contributed by atoms with Gasteiger partial charge in [0, 0.05) is 57.6 Å². The van der Waals surface area contributed by atoms with Crippen LogP contribution < -0.4 is 0 Å². The van der Waals surface area contributed by atoms with Crippen molar-refractivity contribution in [3.05, 3.63) is 12.2 Å². The molecule has 0 atom stereocenters. The number of rotatable bonds is 13. The van der Waals surface area contributed by atoms with Crippen molar-refractivity contribution in [2.24, 2.45) is 0 Å². The van der Waals surface area contributed by atoms with Gasteiger partial charge in [0.25, 0.3) is 11.8 Å². The Kier molecular flexibility index (Phi) is 9.87. The summed E-state index contributed by atoms with van der Waals surface area (Å²) in [6.07, 6.45) is 3.97. The summed E-state index contributed by atoms with van der Waals surface area (Å²) in [4.78, 5) is 37.7. The van der Waals surface area contributed by atoms with Gasteiger partial charge in [0.1, 0.15) is 0 Å². The Morgan fingerprint density at radius 2 is 1.59 bits per heavy atom. The van der Waals surface area contributed by atoms with Gasteiger partial charge in [-0.25, -0.2) is 0 Å². The Balaban J connectivity index is 2.31. The van der Waals surface area contributed by atoms with Crippen LogP contribution in [0.25, 0.3) is 0 Å². The molecule has 0 bridgehead atoms. The standard InChI is InChI=1S/C17H30N3O6P/c1-18(8-4-9-19(2)27(26,13-11-21)14-12-22)15(23)5-3-10-20-16(24)6-7-17(20)25/h6-7,21-22H,3-5,8-14H2,1-2H3. The lowest BCUT2D eigenvalue weighted by Gasteiger charge is -2.28. The second-order valence-electron chi connectivity index (χ2n) is 6.56. The van der Waals surface area contributed by atoms with E-state index in [0.29, 0.717) is 25.9 Å². The average molecular weight is 403 g/mol. The Morgan fingerprint density at radius 3 is 2.11 bits per heavy atom. The second kappa shape index (κ2) is 11.3. The number of aliphatic hydroxyl groups excluding tert-OH is 2. The Bertz CT molecular complexity index is 581. The summed E-state index contributed by atoms with van der Waals surface area (Å²) in [6, 6.07) is 0. The number of nitrogens with zero attached hydrogens (tertiary/aromatic N) is 3. The van der Waals surface area contributed by atoms with Crippen LogP contribution in [-0.2, 0) is 18.9 Å².